The molecule has 1 aromatic rings. The molecule has 10 heteroatoms. The van der Waals surface area contributed by atoms with E-state index in [1.54, 1.807) is 19.5 Å². The minimum absolute atomic E-state index is 0.0199. The van der Waals surface area contributed by atoms with Gasteiger partial charge in [0.2, 0.25) is 5.91 Å². The average Bonchev–Trinajstić information content (AvgIpc) is 3.20. The van der Waals surface area contributed by atoms with E-state index in [2.05, 4.69) is 4.98 Å². The first-order valence-corrected chi connectivity index (χ1v) is 10.9. The summed E-state index contributed by atoms with van der Waals surface area (Å²) in [4.78, 5) is 31.3. The normalized spacial score (nSPS) is 24.9. The Morgan fingerprint density at radius 2 is 2.24 bits per heavy atom. The molecule has 0 unspecified atom stereocenters. The van der Waals surface area contributed by atoms with Crippen LogP contribution < -0.4 is 0 Å². The van der Waals surface area contributed by atoms with E-state index in [4.69, 9.17) is 9.47 Å². The van der Waals surface area contributed by atoms with Gasteiger partial charge in [0.25, 0.3) is 0 Å². The van der Waals surface area contributed by atoms with Crippen LogP contribution in [0.5, 0.6) is 0 Å². The van der Waals surface area contributed by atoms with Crippen LogP contribution in [0.4, 0.5) is 0 Å². The molecule has 0 radical (unpaired) electrons. The first-order valence-electron chi connectivity index (χ1n) is 9.19. The zero-order chi connectivity index (χ0) is 21.1. The van der Waals surface area contributed by atoms with Gasteiger partial charge in [-0.15, -0.1) is 11.3 Å². The van der Waals surface area contributed by atoms with Crippen molar-refractivity contribution in [2.24, 2.45) is 11.8 Å². The number of β-lactam (4-membered cyclic amide) rings is 1. The molecule has 29 heavy (non-hydrogen) atoms. The highest BCUT2D eigenvalue weighted by Crippen LogP contribution is 2.50. The average molecular weight is 441 g/mol. The number of aliphatic hydroxyl groups excluding tert-OH is 1. The van der Waals surface area contributed by atoms with Gasteiger partial charge in [0.1, 0.15) is 5.70 Å². The molecule has 2 N–H and O–H groups in total. The second-order valence-corrected chi connectivity index (χ2v) is 8.74. The molecule has 1 fully saturated rings. The summed E-state index contributed by atoms with van der Waals surface area (Å²) in [5.74, 6) is -2.17. The smallest absolute Gasteiger partial charge is 0.353 e. The van der Waals surface area contributed by atoms with Crippen LogP contribution >= 0.6 is 23.1 Å². The van der Waals surface area contributed by atoms with Crippen LogP contribution in [0.2, 0.25) is 0 Å². The molecule has 0 saturated carbocycles. The number of amides is 1. The van der Waals surface area contributed by atoms with Crippen molar-refractivity contribution >= 4 is 41.1 Å². The Kier molecular flexibility index (Phi) is 7.12. The summed E-state index contributed by atoms with van der Waals surface area (Å²) in [5.41, 5.74) is 2.56. The number of hydrogen-bond acceptors (Lipinski definition) is 8. The van der Waals surface area contributed by atoms with Gasteiger partial charge >= 0.3 is 5.97 Å². The molecule has 8 nitrogen and oxygen atoms in total. The van der Waals surface area contributed by atoms with Gasteiger partial charge in [0.15, 0.2) is 0 Å². The number of nitrogens with zero attached hydrogens (tertiary/aromatic N) is 2. The zero-order valence-corrected chi connectivity index (χ0v) is 18.0. The number of carboxylic acid groups (broad SMARTS) is 1. The molecule has 0 bridgehead atoms. The second kappa shape index (κ2) is 9.40. The maximum absolute atomic E-state index is 12.4. The Hall–Kier alpha value is -1.72. The van der Waals surface area contributed by atoms with Crippen molar-refractivity contribution in [2.75, 3.05) is 20.3 Å². The lowest BCUT2D eigenvalue weighted by Crippen LogP contribution is -2.63. The maximum atomic E-state index is 12.4. The van der Waals surface area contributed by atoms with Crippen LogP contribution in [0.15, 0.2) is 21.5 Å². The first kappa shape index (κ1) is 22.0. The molecule has 0 aliphatic carbocycles. The Morgan fingerprint density at radius 1 is 1.48 bits per heavy atom. The van der Waals surface area contributed by atoms with Gasteiger partial charge in [0.05, 0.1) is 54.0 Å². The number of aliphatic hydroxyl groups is 1. The quantitative estimate of drug-likeness (QED) is 0.421. The van der Waals surface area contributed by atoms with E-state index in [0.29, 0.717) is 24.7 Å². The number of ether oxygens (including phenoxy) is 2. The maximum Gasteiger partial charge on any atom is 0.353 e. The number of hydrogen-bond donors (Lipinski definition) is 2. The third kappa shape index (κ3) is 4.26. The molecule has 0 aromatic carbocycles. The van der Waals surface area contributed by atoms with E-state index >= 15 is 0 Å². The number of carbonyl (C=O) groups excluding carboxylic acids is 1. The number of rotatable bonds is 10. The van der Waals surface area contributed by atoms with E-state index < -0.39 is 18.0 Å². The Morgan fingerprint density at radius 3 is 2.90 bits per heavy atom. The van der Waals surface area contributed by atoms with Crippen LogP contribution in [-0.4, -0.2) is 64.4 Å². The predicted molar refractivity (Wildman–Crippen MR) is 110 cm³/mol. The summed E-state index contributed by atoms with van der Waals surface area (Å²) < 4.78 is 10.5. The van der Waals surface area contributed by atoms with Gasteiger partial charge in [-0.3, -0.25) is 4.79 Å². The Labute approximate surface area is 177 Å². The van der Waals surface area contributed by atoms with E-state index in [1.165, 1.54) is 28.0 Å². The molecular formula is C19H24N2O6S2. The number of carboxylic acids is 1. The number of aromatic nitrogens is 1. The second-order valence-electron chi connectivity index (χ2n) is 6.90. The van der Waals surface area contributed by atoms with Gasteiger partial charge < -0.3 is 24.6 Å². The fraction of sp³-hybridized carbons (Fsp3) is 0.526. The summed E-state index contributed by atoms with van der Waals surface area (Å²) in [7, 11) is 1.61. The van der Waals surface area contributed by atoms with Crippen molar-refractivity contribution in [3.8, 4) is 0 Å². The van der Waals surface area contributed by atoms with Crippen molar-refractivity contribution in [2.45, 2.75) is 32.6 Å². The monoisotopic (exact) mass is 440 g/mol. The molecular weight excluding hydrogens is 416 g/mol. The number of methoxy groups -OCH3 is 1. The van der Waals surface area contributed by atoms with Gasteiger partial charge in [-0.2, -0.15) is 0 Å². The van der Waals surface area contributed by atoms with Gasteiger partial charge in [-0.1, -0.05) is 18.7 Å². The Bertz CT molecular complexity index is 834. The predicted octanol–water partition coefficient (Wildman–Crippen LogP) is 2.16. The van der Waals surface area contributed by atoms with Crippen molar-refractivity contribution in [1.82, 2.24) is 9.88 Å². The summed E-state index contributed by atoms with van der Waals surface area (Å²) in [6.45, 7) is 4.83. The molecule has 2 aliphatic heterocycles. The number of aliphatic carboxylic acids is 1. The molecule has 3 rings (SSSR count). The van der Waals surface area contributed by atoms with Crippen molar-refractivity contribution in [1.29, 1.82) is 0 Å². The molecule has 1 aromatic heterocycles. The summed E-state index contributed by atoms with van der Waals surface area (Å²) in [6, 6.07) is -0.308. The summed E-state index contributed by atoms with van der Waals surface area (Å²) >= 11 is 2.76. The molecule has 3 heterocycles. The van der Waals surface area contributed by atoms with E-state index in [-0.39, 0.29) is 23.6 Å². The van der Waals surface area contributed by atoms with Crippen LogP contribution in [0.3, 0.4) is 0 Å². The summed E-state index contributed by atoms with van der Waals surface area (Å²) in [6.07, 6.45) is 1.07. The lowest BCUT2D eigenvalue weighted by molar-refractivity contribution is -0.163. The van der Waals surface area contributed by atoms with E-state index in [1.807, 2.05) is 18.4 Å². The number of fused-ring (bicyclic) bond motifs is 1. The molecule has 4 atom stereocenters. The minimum Gasteiger partial charge on any atom is -0.477 e. The SMILES string of the molecule is COCCOCc1ncsc1C=CSC1=C(C(=O)O)N2C(=O)[C@H]([C@@H](C)O)[C@H]2[C@H]1C. The third-order valence-electron chi connectivity index (χ3n) is 5.07. The van der Waals surface area contributed by atoms with Crippen molar-refractivity contribution < 1.29 is 29.3 Å². The third-order valence-corrected chi connectivity index (χ3v) is 7.00. The molecule has 158 valence electrons. The molecule has 2 aliphatic rings. The molecule has 0 spiro atoms. The highest BCUT2D eigenvalue weighted by molar-refractivity contribution is 8.06. The van der Waals surface area contributed by atoms with E-state index in [9.17, 15) is 19.8 Å². The van der Waals surface area contributed by atoms with Crippen LogP contribution in [-0.2, 0) is 25.7 Å². The lowest BCUT2D eigenvalue weighted by Gasteiger charge is -2.46. The standard InChI is InChI=1S/C19H24N2O6S2/c1-10-15-14(11(2)22)18(23)21(15)16(19(24)25)17(10)28-7-4-13-12(20-9-29-13)8-27-6-5-26-3/h4,7,9-11,14-15,22H,5-6,8H2,1-3H3,(H,24,25)/t10-,11-,14-,15-/m1/s1. The number of thioether (sulfide) groups is 1. The van der Waals surface area contributed by atoms with Crippen LogP contribution in [0.1, 0.15) is 24.4 Å². The zero-order valence-electron chi connectivity index (χ0n) is 16.4. The highest BCUT2D eigenvalue weighted by atomic mass is 32.2. The van der Waals surface area contributed by atoms with E-state index in [0.717, 1.165) is 10.6 Å². The van der Waals surface area contributed by atoms with Crippen molar-refractivity contribution in [3.05, 3.63) is 32.1 Å². The van der Waals surface area contributed by atoms with Gasteiger partial charge in [-0.05, 0) is 18.4 Å². The van der Waals surface area contributed by atoms with Gasteiger partial charge in [0, 0.05) is 17.9 Å². The molecule has 1 saturated heterocycles. The Balaban J connectivity index is 1.71. The fourth-order valence-corrected chi connectivity index (χ4v) is 5.46. The molecule has 1 amide bonds. The largest absolute Gasteiger partial charge is 0.477 e. The fourth-order valence-electron chi connectivity index (χ4n) is 3.68. The van der Waals surface area contributed by atoms with Gasteiger partial charge in [-0.25, -0.2) is 9.78 Å². The van der Waals surface area contributed by atoms with Crippen LogP contribution in [0.25, 0.3) is 6.08 Å². The summed E-state index contributed by atoms with van der Waals surface area (Å²) in [5, 5.41) is 21.4. The highest BCUT2D eigenvalue weighted by Gasteiger charge is 2.59. The van der Waals surface area contributed by atoms with Crippen molar-refractivity contribution in [3.63, 3.8) is 0 Å². The lowest BCUT2D eigenvalue weighted by atomic mass is 9.79. The number of carbonyl (C=O) groups is 2. The topological polar surface area (TPSA) is 109 Å². The number of thiazole rings is 1. The minimum atomic E-state index is -1.13. The van der Waals surface area contributed by atoms with Crippen LogP contribution in [0, 0.1) is 11.8 Å². The first-order chi connectivity index (χ1) is 13.9.